The highest BCUT2D eigenvalue weighted by molar-refractivity contribution is 5.88. The van der Waals surface area contributed by atoms with E-state index in [4.69, 9.17) is 9.26 Å². The Kier molecular flexibility index (Phi) is 6.19. The molecule has 2 atom stereocenters. The molecule has 6 rings (SSSR count). The number of hydrogen-bond acceptors (Lipinski definition) is 8. The minimum atomic E-state index is 0.526. The lowest BCUT2D eigenvalue weighted by Gasteiger charge is -2.46. The highest BCUT2D eigenvalue weighted by Crippen LogP contribution is 2.31. The zero-order valence-corrected chi connectivity index (χ0v) is 19.7. The molecule has 2 fully saturated rings. The number of rotatable bonds is 7. The Morgan fingerprint density at radius 3 is 2.80 bits per heavy atom. The van der Waals surface area contributed by atoms with Crippen molar-refractivity contribution >= 4 is 22.6 Å². The summed E-state index contributed by atoms with van der Waals surface area (Å²) in [6.07, 6.45) is 5.99. The molecule has 5 heterocycles. The third kappa shape index (κ3) is 4.93. The largest absolute Gasteiger partial charge is 0.477 e. The topological polar surface area (TPSA) is 79.5 Å². The Labute approximate surface area is 204 Å². The van der Waals surface area contributed by atoms with Gasteiger partial charge in [0, 0.05) is 63.1 Å². The van der Waals surface area contributed by atoms with Gasteiger partial charge in [-0.1, -0.05) is 29.4 Å². The lowest BCUT2D eigenvalue weighted by molar-refractivity contribution is 0.0717. The number of ether oxygens (including phenoxy) is 1. The molecule has 8 nitrogen and oxygen atoms in total. The van der Waals surface area contributed by atoms with Gasteiger partial charge in [0.1, 0.15) is 5.82 Å². The first-order chi connectivity index (χ1) is 17.3. The van der Waals surface area contributed by atoms with Crippen molar-refractivity contribution in [3.63, 3.8) is 0 Å². The molecule has 2 aliphatic heterocycles. The Morgan fingerprint density at radius 2 is 1.91 bits per heavy atom. The van der Waals surface area contributed by atoms with E-state index in [1.165, 1.54) is 12.8 Å². The smallest absolute Gasteiger partial charge is 0.213 e. The number of para-hydroxylation sites is 1. The number of fused-ring (bicyclic) bond motifs is 2. The van der Waals surface area contributed by atoms with Crippen LogP contribution in [0.15, 0.2) is 71.5 Å². The Hall–Kier alpha value is -3.65. The van der Waals surface area contributed by atoms with Crippen LogP contribution in [-0.2, 0) is 6.54 Å². The second kappa shape index (κ2) is 9.92. The molecule has 2 unspecified atom stereocenters. The second-order valence-electron chi connectivity index (χ2n) is 9.42. The number of hydrogen-bond donors (Lipinski definition) is 1. The molecule has 8 heteroatoms. The van der Waals surface area contributed by atoms with Crippen LogP contribution in [0.3, 0.4) is 0 Å². The maximum atomic E-state index is 6.07. The number of anilines is 2. The highest BCUT2D eigenvalue weighted by Gasteiger charge is 2.34. The summed E-state index contributed by atoms with van der Waals surface area (Å²) in [7, 11) is 0. The summed E-state index contributed by atoms with van der Waals surface area (Å²) in [5.74, 6) is 3.06. The zero-order valence-electron chi connectivity index (χ0n) is 19.7. The SMILES string of the molecule is c1ccc(NCc2ccc(OCC3CCC4CN(c5noc6ccccc56)CCN4C3)nc2)nc1. The molecule has 4 aromatic rings. The molecular formula is C27H30N6O2. The van der Waals surface area contributed by atoms with Crippen LogP contribution < -0.4 is 15.0 Å². The lowest BCUT2D eigenvalue weighted by atomic mass is 9.91. The number of benzene rings is 1. The predicted octanol–water partition coefficient (Wildman–Crippen LogP) is 4.21. The van der Waals surface area contributed by atoms with Gasteiger partial charge in [-0.05, 0) is 42.7 Å². The van der Waals surface area contributed by atoms with Gasteiger partial charge in [-0.15, -0.1) is 0 Å². The number of pyridine rings is 2. The number of nitrogens with one attached hydrogen (secondary N) is 1. The first-order valence-corrected chi connectivity index (χ1v) is 12.4. The summed E-state index contributed by atoms with van der Waals surface area (Å²) in [5, 5.41) is 8.77. The van der Waals surface area contributed by atoms with E-state index in [1.807, 2.05) is 48.7 Å². The summed E-state index contributed by atoms with van der Waals surface area (Å²) in [4.78, 5) is 13.8. The third-order valence-electron chi connectivity index (χ3n) is 7.07. The fraction of sp³-hybridized carbons (Fsp3) is 0.370. The van der Waals surface area contributed by atoms with Gasteiger partial charge in [-0.3, -0.25) is 4.90 Å². The molecule has 0 amide bonds. The van der Waals surface area contributed by atoms with Crippen molar-refractivity contribution in [2.24, 2.45) is 5.92 Å². The van der Waals surface area contributed by atoms with E-state index in [9.17, 15) is 0 Å². The summed E-state index contributed by atoms with van der Waals surface area (Å²) < 4.78 is 11.6. The van der Waals surface area contributed by atoms with E-state index in [1.54, 1.807) is 6.20 Å². The van der Waals surface area contributed by atoms with Crippen LogP contribution >= 0.6 is 0 Å². The molecule has 2 aliphatic rings. The van der Waals surface area contributed by atoms with Crippen LogP contribution in [0.2, 0.25) is 0 Å². The molecule has 0 bridgehead atoms. The van der Waals surface area contributed by atoms with E-state index < -0.39 is 0 Å². The molecule has 1 aromatic carbocycles. The normalized spacial score (nSPS) is 20.5. The minimum absolute atomic E-state index is 0.526. The maximum Gasteiger partial charge on any atom is 0.213 e. The maximum absolute atomic E-state index is 6.07. The van der Waals surface area contributed by atoms with Crippen LogP contribution in [0.25, 0.3) is 11.0 Å². The van der Waals surface area contributed by atoms with Crippen molar-refractivity contribution in [3.8, 4) is 5.88 Å². The van der Waals surface area contributed by atoms with E-state index in [2.05, 4.69) is 42.4 Å². The number of piperazine rings is 1. The third-order valence-corrected chi connectivity index (χ3v) is 7.07. The van der Waals surface area contributed by atoms with E-state index in [0.29, 0.717) is 31.0 Å². The predicted molar refractivity (Wildman–Crippen MR) is 136 cm³/mol. The summed E-state index contributed by atoms with van der Waals surface area (Å²) in [5.41, 5.74) is 1.96. The van der Waals surface area contributed by atoms with Crippen LogP contribution in [0.5, 0.6) is 5.88 Å². The monoisotopic (exact) mass is 470 g/mol. The van der Waals surface area contributed by atoms with Gasteiger partial charge in [0.25, 0.3) is 0 Å². The Balaban J connectivity index is 0.981. The molecule has 1 N–H and O–H groups in total. The fourth-order valence-corrected chi connectivity index (χ4v) is 5.15. The van der Waals surface area contributed by atoms with E-state index in [0.717, 1.165) is 54.3 Å². The summed E-state index contributed by atoms with van der Waals surface area (Å²) in [6.45, 7) is 5.47. The molecule has 0 saturated carbocycles. The zero-order chi connectivity index (χ0) is 23.5. The van der Waals surface area contributed by atoms with Gasteiger partial charge >= 0.3 is 0 Å². The van der Waals surface area contributed by atoms with Gasteiger partial charge in [0.2, 0.25) is 5.88 Å². The van der Waals surface area contributed by atoms with Crippen LogP contribution in [0.1, 0.15) is 18.4 Å². The fourth-order valence-electron chi connectivity index (χ4n) is 5.15. The van der Waals surface area contributed by atoms with Crippen molar-refractivity contribution in [1.82, 2.24) is 20.0 Å². The number of nitrogens with zero attached hydrogens (tertiary/aromatic N) is 5. The molecule has 35 heavy (non-hydrogen) atoms. The Bertz CT molecular complexity index is 1250. The minimum Gasteiger partial charge on any atom is -0.477 e. The van der Waals surface area contributed by atoms with Crippen molar-refractivity contribution in [1.29, 1.82) is 0 Å². The van der Waals surface area contributed by atoms with Crippen molar-refractivity contribution in [3.05, 3.63) is 72.6 Å². The first kappa shape index (κ1) is 21.9. The van der Waals surface area contributed by atoms with Crippen molar-refractivity contribution in [2.75, 3.05) is 43.0 Å². The molecular weight excluding hydrogens is 440 g/mol. The molecule has 2 saturated heterocycles. The number of piperidine rings is 1. The average Bonchev–Trinajstić information content (AvgIpc) is 3.36. The lowest BCUT2D eigenvalue weighted by Crippen LogP contribution is -2.57. The summed E-state index contributed by atoms with van der Waals surface area (Å²) in [6, 6.07) is 18.5. The van der Waals surface area contributed by atoms with Gasteiger partial charge in [-0.25, -0.2) is 9.97 Å². The molecule has 3 aromatic heterocycles. The van der Waals surface area contributed by atoms with Gasteiger partial charge in [0.05, 0.1) is 12.0 Å². The van der Waals surface area contributed by atoms with Crippen LogP contribution in [0, 0.1) is 5.92 Å². The quantitative estimate of drug-likeness (QED) is 0.430. The standard InChI is InChI=1S/C27H30N6O2/c1-2-6-24-23(5-1)27(31-35-24)33-14-13-32-17-21(8-10-22(32)18-33)19-34-26-11-9-20(16-30-26)15-29-25-7-3-4-12-28-25/h1-7,9,11-12,16,21-22H,8,10,13-15,17-19H2,(H,28,29). The molecule has 0 aliphatic carbocycles. The summed E-state index contributed by atoms with van der Waals surface area (Å²) >= 11 is 0. The molecule has 0 spiro atoms. The van der Waals surface area contributed by atoms with Gasteiger partial charge < -0.3 is 19.5 Å². The van der Waals surface area contributed by atoms with Gasteiger partial charge in [0.15, 0.2) is 11.4 Å². The van der Waals surface area contributed by atoms with E-state index >= 15 is 0 Å². The second-order valence-corrected chi connectivity index (χ2v) is 9.42. The van der Waals surface area contributed by atoms with Gasteiger partial charge in [-0.2, -0.15) is 0 Å². The number of aromatic nitrogens is 3. The highest BCUT2D eigenvalue weighted by atomic mass is 16.5. The van der Waals surface area contributed by atoms with Crippen LogP contribution in [0.4, 0.5) is 11.6 Å². The molecule has 0 radical (unpaired) electrons. The molecule has 180 valence electrons. The van der Waals surface area contributed by atoms with Crippen molar-refractivity contribution < 1.29 is 9.26 Å². The van der Waals surface area contributed by atoms with E-state index in [-0.39, 0.29) is 0 Å². The van der Waals surface area contributed by atoms with Crippen LogP contribution in [-0.4, -0.2) is 58.9 Å². The van der Waals surface area contributed by atoms with Crippen molar-refractivity contribution in [2.45, 2.75) is 25.4 Å². The first-order valence-electron chi connectivity index (χ1n) is 12.4. The average molecular weight is 471 g/mol. The Morgan fingerprint density at radius 1 is 0.971 bits per heavy atom.